The number of rotatable bonds is 5. The molecular weight excluding hydrogens is 577 g/mol. The molecule has 12 heteroatoms. The van der Waals surface area contributed by atoms with Crippen LogP contribution in [0.5, 0.6) is 0 Å². The maximum Gasteiger partial charge on any atom is 0.416 e. The summed E-state index contributed by atoms with van der Waals surface area (Å²) >= 11 is 1.88. The van der Waals surface area contributed by atoms with Crippen LogP contribution < -0.4 is 9.77 Å². The van der Waals surface area contributed by atoms with E-state index < -0.39 is 51.5 Å². The Labute approximate surface area is 242 Å². The van der Waals surface area contributed by atoms with Crippen LogP contribution in [0.25, 0.3) is 0 Å². The molecule has 2 aliphatic heterocycles. The van der Waals surface area contributed by atoms with Gasteiger partial charge in [0.2, 0.25) is 11.8 Å². The number of hydrogen-bond donors (Lipinski definition) is 0. The number of thioether (sulfide) groups is 1. The van der Waals surface area contributed by atoms with Crippen molar-refractivity contribution >= 4 is 46.6 Å². The number of halogens is 3. The molecule has 3 aromatic rings. The topological polar surface area (TPSA) is 85.7 Å². The lowest BCUT2D eigenvalue weighted by molar-refractivity contribution is -0.144. The van der Waals surface area contributed by atoms with E-state index >= 15 is 0 Å². The van der Waals surface area contributed by atoms with E-state index in [0.29, 0.717) is 15.5 Å². The Hall–Kier alpha value is -3.38. The van der Waals surface area contributed by atoms with Gasteiger partial charge in [-0.05, 0) is 41.7 Å². The van der Waals surface area contributed by atoms with Gasteiger partial charge >= 0.3 is 17.0 Å². The Morgan fingerprint density at radius 1 is 0.976 bits per heavy atom. The minimum atomic E-state index is -4.66. The van der Waals surface area contributed by atoms with Crippen molar-refractivity contribution in [3.8, 4) is 0 Å². The third kappa shape index (κ3) is 5.23. The summed E-state index contributed by atoms with van der Waals surface area (Å²) < 4.78 is 46.7. The second-order valence-electron chi connectivity index (χ2n) is 10.9. The van der Waals surface area contributed by atoms with Gasteiger partial charge in [0.15, 0.2) is 0 Å². The van der Waals surface area contributed by atoms with Crippen molar-refractivity contribution in [2.24, 2.45) is 5.92 Å². The lowest BCUT2D eigenvalue weighted by atomic mass is 9.81. The van der Waals surface area contributed by atoms with Crippen molar-refractivity contribution in [2.45, 2.75) is 62.0 Å². The monoisotopic (exact) mass is 604 g/mol. The van der Waals surface area contributed by atoms with Crippen LogP contribution in [-0.4, -0.2) is 34.2 Å². The molecule has 0 N–H and O–H groups in total. The molecule has 1 fully saturated rings. The van der Waals surface area contributed by atoms with Crippen molar-refractivity contribution in [1.29, 1.82) is 0 Å². The minimum absolute atomic E-state index is 0.124. The van der Waals surface area contributed by atoms with Crippen LogP contribution in [0.4, 0.5) is 18.9 Å². The summed E-state index contributed by atoms with van der Waals surface area (Å²) in [5, 5.41) is -0.634. The molecule has 0 saturated carbocycles. The first-order valence-corrected chi connectivity index (χ1v) is 14.6. The van der Waals surface area contributed by atoms with E-state index in [-0.39, 0.29) is 24.3 Å². The predicted molar refractivity (Wildman–Crippen MR) is 149 cm³/mol. The molecule has 0 radical (unpaired) electrons. The number of carbonyl (C=O) groups is 3. The lowest BCUT2D eigenvalue weighted by Gasteiger charge is -2.31. The first-order chi connectivity index (χ1) is 19.2. The number of hydrogen-bond acceptors (Lipinski definition) is 7. The molecule has 7 nitrogen and oxygen atoms in total. The van der Waals surface area contributed by atoms with Crippen LogP contribution in [0.15, 0.2) is 58.4 Å². The van der Waals surface area contributed by atoms with E-state index in [1.54, 1.807) is 6.92 Å². The average molecular weight is 605 g/mol. The smallest absolute Gasteiger partial charge is 0.416 e. The van der Waals surface area contributed by atoms with Crippen molar-refractivity contribution in [2.75, 3.05) is 11.5 Å². The van der Waals surface area contributed by atoms with E-state index in [1.165, 1.54) is 10.6 Å². The SMILES string of the molecule is CCOC(=O)Cn1c2c(sc1=O)[C@@H](c1ccc(C(C)(C)C)cc1)[C@@H]1C(=O)N(c3cccc(C(F)(F)F)c3)C(=O)[C@@H]1S2. The molecule has 2 aliphatic rings. The molecule has 2 amide bonds. The Morgan fingerprint density at radius 3 is 2.27 bits per heavy atom. The van der Waals surface area contributed by atoms with Gasteiger partial charge in [0.25, 0.3) is 0 Å². The van der Waals surface area contributed by atoms with Crippen molar-refractivity contribution in [3.63, 3.8) is 0 Å². The van der Waals surface area contributed by atoms with E-state index in [1.807, 2.05) is 24.3 Å². The maximum atomic E-state index is 13.9. The number of ether oxygens (including phenoxy) is 1. The summed E-state index contributed by atoms with van der Waals surface area (Å²) in [6, 6.07) is 11.7. The summed E-state index contributed by atoms with van der Waals surface area (Å²) in [6.07, 6.45) is -4.66. The first-order valence-electron chi connectivity index (χ1n) is 12.9. The normalized spacial score (nSPS) is 20.7. The molecule has 1 aromatic heterocycles. The van der Waals surface area contributed by atoms with Crippen LogP contribution in [-0.2, 0) is 37.3 Å². The highest BCUT2D eigenvalue weighted by Gasteiger charge is 2.57. The number of anilines is 1. The standard InChI is InChI=1S/C29H27F3N2O5S2/c1-5-39-19(35)14-33-26-23(41-27(33)38)20(15-9-11-16(12-10-15)28(2,3)4)21-22(40-26)25(37)34(24(21)36)18-8-6-7-17(13-18)29(30,31)32/h6-13,20-22H,5,14H2,1-4H3/t20-,21-,22+/m0/s1. The van der Waals surface area contributed by atoms with E-state index in [2.05, 4.69) is 20.8 Å². The molecule has 3 atom stereocenters. The molecule has 1 saturated heterocycles. The van der Waals surface area contributed by atoms with Gasteiger partial charge < -0.3 is 4.74 Å². The van der Waals surface area contributed by atoms with Crippen molar-refractivity contribution < 1.29 is 32.3 Å². The van der Waals surface area contributed by atoms with Crippen LogP contribution in [0.1, 0.15) is 55.2 Å². The van der Waals surface area contributed by atoms with Gasteiger partial charge in [0.05, 0.1) is 28.8 Å². The fraction of sp³-hybridized carbons (Fsp3) is 0.379. The van der Waals surface area contributed by atoms with Gasteiger partial charge in [0.1, 0.15) is 11.8 Å². The number of carbonyl (C=O) groups excluding carboxylic acids is 3. The highest BCUT2D eigenvalue weighted by Crippen LogP contribution is 2.54. The van der Waals surface area contributed by atoms with E-state index in [9.17, 15) is 32.3 Å². The van der Waals surface area contributed by atoms with Crippen LogP contribution in [0.3, 0.4) is 0 Å². The number of thiazole rings is 1. The molecular formula is C29H27F3N2O5S2. The first kappa shape index (κ1) is 29.1. The summed E-state index contributed by atoms with van der Waals surface area (Å²) in [5.74, 6) is -3.63. The highest BCUT2D eigenvalue weighted by molar-refractivity contribution is 8.00. The molecule has 0 bridgehead atoms. The largest absolute Gasteiger partial charge is 0.465 e. The number of alkyl halides is 3. The molecule has 3 heterocycles. The number of fused-ring (bicyclic) bond motifs is 2. The Kier molecular flexibility index (Phi) is 7.44. The van der Waals surface area contributed by atoms with Gasteiger partial charge in [-0.25, -0.2) is 4.90 Å². The second-order valence-corrected chi connectivity index (χ2v) is 13.0. The highest BCUT2D eigenvalue weighted by atomic mass is 32.2. The predicted octanol–water partition coefficient (Wildman–Crippen LogP) is 5.59. The molecule has 5 rings (SSSR count). The molecule has 0 aliphatic carbocycles. The van der Waals surface area contributed by atoms with Crippen LogP contribution in [0.2, 0.25) is 0 Å². The van der Waals surface area contributed by atoms with Crippen molar-refractivity contribution in [1.82, 2.24) is 4.57 Å². The van der Waals surface area contributed by atoms with Gasteiger partial charge in [-0.3, -0.25) is 23.7 Å². The lowest BCUT2D eigenvalue weighted by Crippen LogP contribution is -2.32. The third-order valence-electron chi connectivity index (χ3n) is 7.21. The number of esters is 1. The Balaban J connectivity index is 1.64. The molecule has 0 unspecified atom stereocenters. The minimum Gasteiger partial charge on any atom is -0.465 e. The zero-order valence-corrected chi connectivity index (χ0v) is 24.3. The van der Waals surface area contributed by atoms with Gasteiger partial charge in [-0.2, -0.15) is 13.2 Å². The Bertz CT molecular complexity index is 1590. The van der Waals surface area contributed by atoms with Gasteiger partial charge in [-0.1, -0.05) is 74.2 Å². The number of aromatic nitrogens is 1. The summed E-state index contributed by atoms with van der Waals surface area (Å²) in [4.78, 5) is 54.0. The fourth-order valence-corrected chi connectivity index (χ4v) is 7.99. The average Bonchev–Trinajstić information content (AvgIpc) is 3.34. The molecule has 2 aromatic carbocycles. The van der Waals surface area contributed by atoms with Crippen LogP contribution in [0, 0.1) is 5.92 Å². The van der Waals surface area contributed by atoms with Crippen LogP contribution >= 0.6 is 23.1 Å². The summed E-state index contributed by atoms with van der Waals surface area (Å²) in [7, 11) is 0. The maximum absolute atomic E-state index is 13.9. The number of nitrogens with zero attached hydrogens (tertiary/aromatic N) is 2. The summed E-state index contributed by atoms with van der Waals surface area (Å²) in [6.45, 7) is 7.57. The number of imide groups is 1. The molecule has 41 heavy (non-hydrogen) atoms. The zero-order chi connectivity index (χ0) is 29.9. The van der Waals surface area contributed by atoms with Crippen molar-refractivity contribution in [3.05, 3.63) is 79.8 Å². The number of benzene rings is 2. The third-order valence-corrected chi connectivity index (χ3v) is 9.81. The second kappa shape index (κ2) is 10.5. The molecule has 0 spiro atoms. The zero-order valence-electron chi connectivity index (χ0n) is 22.7. The fourth-order valence-electron chi connectivity index (χ4n) is 5.22. The Morgan fingerprint density at radius 2 is 1.66 bits per heavy atom. The van der Waals surface area contributed by atoms with Gasteiger partial charge in [0, 0.05) is 10.8 Å². The van der Waals surface area contributed by atoms with E-state index in [4.69, 9.17) is 4.74 Å². The quantitative estimate of drug-likeness (QED) is 0.279. The van der Waals surface area contributed by atoms with E-state index in [0.717, 1.165) is 51.8 Å². The van der Waals surface area contributed by atoms with Gasteiger partial charge in [-0.15, -0.1) is 0 Å². The molecule has 216 valence electrons. The number of amides is 2. The summed E-state index contributed by atoms with van der Waals surface area (Å²) in [5.41, 5.74) is 0.428.